The summed E-state index contributed by atoms with van der Waals surface area (Å²) in [4.78, 5) is 25.2. The van der Waals surface area contributed by atoms with Crippen LogP contribution in [0.3, 0.4) is 0 Å². The van der Waals surface area contributed by atoms with E-state index < -0.39 is 12.0 Å². The highest BCUT2D eigenvalue weighted by Crippen LogP contribution is 2.30. The lowest BCUT2D eigenvalue weighted by Gasteiger charge is -2.25. The molecular weight excluding hydrogens is 432 g/mol. The largest absolute Gasteiger partial charge is 0.480 e. The molecule has 0 radical (unpaired) electrons. The molecule has 0 bridgehead atoms. The molecule has 1 aliphatic heterocycles. The highest BCUT2D eigenvalue weighted by Gasteiger charge is 2.31. The first-order valence-electron chi connectivity index (χ1n) is 11.6. The van der Waals surface area contributed by atoms with Gasteiger partial charge in [0.15, 0.2) is 6.04 Å². The van der Waals surface area contributed by atoms with Gasteiger partial charge in [-0.25, -0.2) is 9.48 Å². The van der Waals surface area contributed by atoms with Crippen LogP contribution >= 0.6 is 0 Å². The van der Waals surface area contributed by atoms with Crippen LogP contribution in [0.25, 0.3) is 22.5 Å². The molecule has 5 rings (SSSR count). The Labute approximate surface area is 196 Å². The summed E-state index contributed by atoms with van der Waals surface area (Å²) in [7, 11) is 0. The van der Waals surface area contributed by atoms with E-state index in [1.165, 1.54) is 4.68 Å². The maximum atomic E-state index is 13.3. The van der Waals surface area contributed by atoms with Crippen molar-refractivity contribution in [1.29, 1.82) is 0 Å². The van der Waals surface area contributed by atoms with Gasteiger partial charge in [-0.3, -0.25) is 9.48 Å². The van der Waals surface area contributed by atoms with E-state index in [4.69, 9.17) is 0 Å². The summed E-state index contributed by atoms with van der Waals surface area (Å²) in [6.07, 6.45) is 3.36. The Morgan fingerprint density at radius 1 is 1.15 bits per heavy atom. The standard InChI is InChI=1S/C25H26N6O3/c1-2-6-21-20(24(32)31-22(25(33)34)9-5-14-30(21)31)15-16-10-12-17(13-11-16)18-7-3-4-8-19(18)23-26-28-29-27-23/h3-4,7-8,10-13,22H,2,5-6,9,14-15H2,1H3,(H,33,34)(H,26,27,28,29). The fraction of sp³-hybridized carbons (Fsp3) is 0.320. The Morgan fingerprint density at radius 3 is 2.59 bits per heavy atom. The van der Waals surface area contributed by atoms with E-state index in [9.17, 15) is 14.7 Å². The van der Waals surface area contributed by atoms with Crippen molar-refractivity contribution >= 4 is 5.97 Å². The van der Waals surface area contributed by atoms with E-state index in [2.05, 4.69) is 27.5 Å². The van der Waals surface area contributed by atoms with E-state index in [-0.39, 0.29) is 5.56 Å². The van der Waals surface area contributed by atoms with Crippen molar-refractivity contribution in [3.05, 3.63) is 75.7 Å². The smallest absolute Gasteiger partial charge is 0.328 e. The van der Waals surface area contributed by atoms with Crippen LogP contribution in [0.1, 0.15) is 49.0 Å². The van der Waals surface area contributed by atoms with Crippen molar-refractivity contribution in [3.63, 3.8) is 0 Å². The van der Waals surface area contributed by atoms with E-state index in [0.29, 0.717) is 30.8 Å². The van der Waals surface area contributed by atoms with Crippen LogP contribution in [0.15, 0.2) is 53.3 Å². The van der Waals surface area contributed by atoms with Gasteiger partial charge in [-0.05, 0) is 41.2 Å². The van der Waals surface area contributed by atoms with Crippen LogP contribution in [0.5, 0.6) is 0 Å². The number of carboxylic acids is 1. The summed E-state index contributed by atoms with van der Waals surface area (Å²) < 4.78 is 3.39. The number of rotatable bonds is 7. The van der Waals surface area contributed by atoms with Gasteiger partial charge in [0, 0.05) is 29.8 Å². The van der Waals surface area contributed by atoms with Crippen LogP contribution in [-0.2, 0) is 24.2 Å². The van der Waals surface area contributed by atoms with Gasteiger partial charge in [-0.15, -0.1) is 10.2 Å². The lowest BCUT2D eigenvalue weighted by Crippen LogP contribution is -2.36. The normalized spacial score (nSPS) is 15.3. The molecule has 1 atom stereocenters. The van der Waals surface area contributed by atoms with Crippen molar-refractivity contribution in [2.24, 2.45) is 0 Å². The van der Waals surface area contributed by atoms with E-state index in [1.54, 1.807) is 0 Å². The molecule has 9 nitrogen and oxygen atoms in total. The quantitative estimate of drug-likeness (QED) is 0.438. The summed E-state index contributed by atoms with van der Waals surface area (Å²) in [6.45, 7) is 2.76. The Hall–Kier alpha value is -4.01. The molecule has 2 aromatic heterocycles. The van der Waals surface area contributed by atoms with Gasteiger partial charge in [0.05, 0.1) is 0 Å². The minimum atomic E-state index is -0.945. The number of fused-ring (bicyclic) bond motifs is 1. The number of carbonyl (C=O) groups is 1. The third-order valence-electron chi connectivity index (χ3n) is 6.46. The second-order valence-corrected chi connectivity index (χ2v) is 8.60. The van der Waals surface area contributed by atoms with Gasteiger partial charge < -0.3 is 5.11 Å². The molecule has 2 N–H and O–H groups in total. The third kappa shape index (κ3) is 3.83. The molecular formula is C25H26N6O3. The van der Waals surface area contributed by atoms with Gasteiger partial charge in [-0.2, -0.15) is 5.21 Å². The maximum Gasteiger partial charge on any atom is 0.328 e. The van der Waals surface area contributed by atoms with Crippen molar-refractivity contribution < 1.29 is 9.90 Å². The molecule has 1 aliphatic rings. The summed E-state index contributed by atoms with van der Waals surface area (Å²) in [6, 6.07) is 15.2. The van der Waals surface area contributed by atoms with Gasteiger partial charge >= 0.3 is 5.97 Å². The Balaban J connectivity index is 1.49. The molecule has 4 aromatic rings. The van der Waals surface area contributed by atoms with Crippen molar-refractivity contribution in [3.8, 4) is 22.5 Å². The van der Waals surface area contributed by atoms with Crippen LogP contribution in [0.2, 0.25) is 0 Å². The molecule has 9 heteroatoms. The van der Waals surface area contributed by atoms with Gasteiger partial charge in [0.2, 0.25) is 5.82 Å². The number of nitrogens with zero attached hydrogens (tertiary/aromatic N) is 5. The van der Waals surface area contributed by atoms with E-state index in [1.807, 2.05) is 53.2 Å². The van der Waals surface area contributed by atoms with Crippen LogP contribution in [-0.4, -0.2) is 41.1 Å². The zero-order valence-electron chi connectivity index (χ0n) is 18.9. The minimum Gasteiger partial charge on any atom is -0.480 e. The average Bonchev–Trinajstić information content (AvgIpc) is 3.48. The zero-order chi connectivity index (χ0) is 23.7. The van der Waals surface area contributed by atoms with Gasteiger partial charge in [-0.1, -0.05) is 61.9 Å². The molecule has 1 unspecified atom stereocenters. The summed E-state index contributed by atoms with van der Waals surface area (Å²) >= 11 is 0. The predicted molar refractivity (Wildman–Crippen MR) is 126 cm³/mol. The highest BCUT2D eigenvalue weighted by atomic mass is 16.4. The first-order valence-corrected chi connectivity index (χ1v) is 11.6. The zero-order valence-corrected chi connectivity index (χ0v) is 18.9. The summed E-state index contributed by atoms with van der Waals surface area (Å²) in [5, 5.41) is 24.0. The van der Waals surface area contributed by atoms with Crippen LogP contribution < -0.4 is 5.56 Å². The SMILES string of the molecule is CCCc1c(Cc2ccc(-c3ccccc3-c3nn[nH]n3)cc2)c(=O)n2n1CCCC2C(=O)O. The fourth-order valence-electron chi connectivity index (χ4n) is 4.90. The number of nitrogens with one attached hydrogen (secondary N) is 1. The minimum absolute atomic E-state index is 0.179. The van der Waals surface area contributed by atoms with E-state index >= 15 is 0 Å². The van der Waals surface area contributed by atoms with Gasteiger partial charge in [0.1, 0.15) is 0 Å². The summed E-state index contributed by atoms with van der Waals surface area (Å²) in [5.41, 5.74) is 5.38. The molecule has 0 aliphatic carbocycles. The first-order chi connectivity index (χ1) is 16.6. The maximum absolute atomic E-state index is 13.3. The summed E-state index contributed by atoms with van der Waals surface area (Å²) in [5.74, 6) is -0.413. The predicted octanol–water partition coefficient (Wildman–Crippen LogP) is 3.46. The number of hydrogen-bond acceptors (Lipinski definition) is 5. The highest BCUT2D eigenvalue weighted by molar-refractivity contribution is 5.80. The number of aliphatic carboxylic acids is 1. The molecule has 174 valence electrons. The number of aromatic amines is 1. The molecule has 0 fully saturated rings. The average molecular weight is 459 g/mol. The molecule has 2 aromatic carbocycles. The molecule has 34 heavy (non-hydrogen) atoms. The Morgan fingerprint density at radius 2 is 1.91 bits per heavy atom. The monoisotopic (exact) mass is 458 g/mol. The fourth-order valence-corrected chi connectivity index (χ4v) is 4.90. The first kappa shape index (κ1) is 21.8. The second kappa shape index (κ2) is 9.09. The molecule has 0 amide bonds. The van der Waals surface area contributed by atoms with Crippen LogP contribution in [0.4, 0.5) is 0 Å². The number of aromatic nitrogens is 6. The number of hydrogen-bond donors (Lipinski definition) is 2. The number of tetrazole rings is 1. The Bertz CT molecular complexity index is 1370. The number of benzene rings is 2. The number of carboxylic acid groups (broad SMARTS) is 1. The molecule has 0 spiro atoms. The topological polar surface area (TPSA) is 119 Å². The van der Waals surface area contributed by atoms with Gasteiger partial charge in [0.25, 0.3) is 5.56 Å². The molecule has 0 saturated heterocycles. The molecule has 3 heterocycles. The number of H-pyrrole nitrogens is 1. The van der Waals surface area contributed by atoms with Crippen molar-refractivity contribution in [1.82, 2.24) is 30.0 Å². The second-order valence-electron chi connectivity index (χ2n) is 8.60. The van der Waals surface area contributed by atoms with Crippen molar-refractivity contribution in [2.75, 3.05) is 0 Å². The third-order valence-corrected chi connectivity index (χ3v) is 6.46. The Kier molecular flexibility index (Phi) is 5.83. The van der Waals surface area contributed by atoms with E-state index in [0.717, 1.165) is 47.2 Å². The van der Waals surface area contributed by atoms with Crippen LogP contribution in [0, 0.1) is 0 Å². The lowest BCUT2D eigenvalue weighted by molar-refractivity contribution is -0.142. The van der Waals surface area contributed by atoms with Crippen molar-refractivity contribution in [2.45, 2.75) is 51.6 Å². The lowest BCUT2D eigenvalue weighted by atomic mass is 9.96. The molecule has 0 saturated carbocycles.